The van der Waals surface area contributed by atoms with Crippen molar-refractivity contribution >= 4 is 27.6 Å². The summed E-state index contributed by atoms with van der Waals surface area (Å²) in [6, 6.07) is 13.6. The molecule has 214 valence electrons. The smallest absolute Gasteiger partial charge is 0.281 e. The number of pyridine rings is 2. The topological polar surface area (TPSA) is 137 Å². The van der Waals surface area contributed by atoms with E-state index < -0.39 is 15.9 Å². The van der Waals surface area contributed by atoms with E-state index in [9.17, 15) is 13.2 Å². The van der Waals surface area contributed by atoms with Crippen LogP contribution in [0.1, 0.15) is 47.4 Å². The molecule has 1 atom stereocenters. The first-order chi connectivity index (χ1) is 18.5. The molecule has 3 N–H and O–H groups in total. The van der Waals surface area contributed by atoms with E-state index in [1.54, 1.807) is 19.4 Å². The van der Waals surface area contributed by atoms with Gasteiger partial charge in [-0.2, -0.15) is 8.42 Å². The zero-order chi connectivity index (χ0) is 28.2. The second-order valence-corrected chi connectivity index (χ2v) is 12.0. The van der Waals surface area contributed by atoms with Crippen LogP contribution in [0.5, 0.6) is 0 Å². The van der Waals surface area contributed by atoms with Crippen LogP contribution in [0.15, 0.2) is 59.8 Å². The minimum Gasteiger partial charge on any atom is -0.384 e. The Morgan fingerprint density at radius 2 is 1.95 bits per heavy atom. The van der Waals surface area contributed by atoms with Crippen molar-refractivity contribution in [3.8, 4) is 11.1 Å². The Morgan fingerprint density at radius 1 is 1.18 bits per heavy atom. The van der Waals surface area contributed by atoms with Crippen LogP contribution in [0, 0.1) is 5.92 Å². The number of methoxy groups -OCH3 is 1. The lowest BCUT2D eigenvalue weighted by molar-refractivity contribution is 0.0617. The highest BCUT2D eigenvalue weighted by Gasteiger charge is 2.39. The van der Waals surface area contributed by atoms with Gasteiger partial charge in [0.25, 0.3) is 15.9 Å². The number of rotatable bonds is 10. The van der Waals surface area contributed by atoms with Gasteiger partial charge in [0.15, 0.2) is 5.03 Å². The Bertz CT molecular complexity index is 1460. The zero-order valence-electron chi connectivity index (χ0n) is 22.7. The number of benzene rings is 1. The Hall–Kier alpha value is -3.54. The lowest BCUT2D eigenvalue weighted by atomic mass is 9.97. The molecule has 1 unspecified atom stereocenters. The fourth-order valence-corrected chi connectivity index (χ4v) is 5.88. The van der Waals surface area contributed by atoms with Crippen molar-refractivity contribution in [2.75, 3.05) is 37.5 Å². The fraction of sp³-hybridized carbons (Fsp3) is 0.393. The Morgan fingerprint density at radius 3 is 2.64 bits per heavy atom. The van der Waals surface area contributed by atoms with Gasteiger partial charge in [0, 0.05) is 35.2 Å². The van der Waals surface area contributed by atoms with Gasteiger partial charge in [-0.05, 0) is 61.6 Å². The molecular formula is C28H41N5O5S. The molecular weight excluding hydrogens is 518 g/mol. The molecule has 10 nitrogen and oxygen atoms in total. The monoisotopic (exact) mass is 559 g/mol. The molecule has 0 aliphatic carbocycles. The van der Waals surface area contributed by atoms with E-state index in [1.165, 1.54) is 18.2 Å². The lowest BCUT2D eigenvalue weighted by Gasteiger charge is -2.33. The van der Waals surface area contributed by atoms with Crippen molar-refractivity contribution in [1.29, 1.82) is 0 Å². The number of anilines is 2. The maximum Gasteiger partial charge on any atom is 0.281 e. The van der Waals surface area contributed by atoms with E-state index in [-0.39, 0.29) is 26.2 Å². The van der Waals surface area contributed by atoms with Crippen LogP contribution in [-0.2, 0) is 26.1 Å². The van der Waals surface area contributed by atoms with Crippen molar-refractivity contribution in [3.05, 3.63) is 65.9 Å². The summed E-state index contributed by atoms with van der Waals surface area (Å²) in [5.41, 5.74) is 8.00. The van der Waals surface area contributed by atoms with Crippen molar-refractivity contribution in [2.45, 2.75) is 44.4 Å². The Kier molecular flexibility index (Phi) is 8.53. The summed E-state index contributed by atoms with van der Waals surface area (Å²) in [5.74, 6) is 0.0549. The highest BCUT2D eigenvalue weighted by Crippen LogP contribution is 2.38. The molecule has 39 heavy (non-hydrogen) atoms. The summed E-state index contributed by atoms with van der Waals surface area (Å²) in [6.07, 6.45) is 2.62. The summed E-state index contributed by atoms with van der Waals surface area (Å²) in [4.78, 5) is 24.2. The van der Waals surface area contributed by atoms with E-state index in [4.69, 9.17) is 20.2 Å². The molecule has 1 aliphatic heterocycles. The van der Waals surface area contributed by atoms with Gasteiger partial charge in [0.2, 0.25) is 0 Å². The lowest BCUT2D eigenvalue weighted by Crippen LogP contribution is -2.41. The van der Waals surface area contributed by atoms with E-state index in [0.29, 0.717) is 43.7 Å². The van der Waals surface area contributed by atoms with E-state index in [2.05, 4.69) is 35.4 Å². The van der Waals surface area contributed by atoms with Crippen LogP contribution in [0.3, 0.4) is 0 Å². The number of ether oxygens (including phenoxy) is 2. The molecule has 1 aliphatic rings. The van der Waals surface area contributed by atoms with Crippen LogP contribution >= 0.6 is 0 Å². The van der Waals surface area contributed by atoms with Gasteiger partial charge in [0.1, 0.15) is 11.6 Å². The van der Waals surface area contributed by atoms with E-state index >= 15 is 0 Å². The number of sulfonamides is 1. The first-order valence-corrected chi connectivity index (χ1v) is 14.2. The molecule has 1 fully saturated rings. The molecule has 1 saturated heterocycles. The van der Waals surface area contributed by atoms with Gasteiger partial charge in [-0.3, -0.25) is 4.79 Å². The summed E-state index contributed by atoms with van der Waals surface area (Å²) in [7, 11) is -2.65. The Balaban J connectivity index is 0.00000294. The van der Waals surface area contributed by atoms with Gasteiger partial charge in [0.05, 0.1) is 25.4 Å². The van der Waals surface area contributed by atoms with Crippen LogP contribution < -0.4 is 15.4 Å². The van der Waals surface area contributed by atoms with Gasteiger partial charge in [-0.15, -0.1) is 0 Å². The Labute approximate surface area is 234 Å². The molecule has 0 radical (unpaired) electrons. The molecule has 1 aromatic carbocycles. The second kappa shape index (κ2) is 11.7. The molecule has 2 aromatic heterocycles. The van der Waals surface area contributed by atoms with Crippen molar-refractivity contribution in [3.63, 3.8) is 0 Å². The number of nitrogen functional groups attached to an aromatic ring is 1. The van der Waals surface area contributed by atoms with E-state index in [0.717, 1.165) is 17.5 Å². The van der Waals surface area contributed by atoms with Gasteiger partial charge >= 0.3 is 0 Å². The zero-order valence-corrected chi connectivity index (χ0v) is 23.5. The number of nitrogens with one attached hydrogen (secondary N) is 1. The molecule has 11 heteroatoms. The number of carbonyl (C=O) groups is 1. The van der Waals surface area contributed by atoms with Crippen molar-refractivity contribution in [1.82, 2.24) is 14.7 Å². The quantitative estimate of drug-likeness (QED) is 0.347. The first kappa shape index (κ1) is 28.5. The number of hydrogen-bond acceptors (Lipinski definition) is 9. The van der Waals surface area contributed by atoms with Crippen LogP contribution in [-0.4, -0.2) is 56.7 Å². The minimum atomic E-state index is -4.27. The summed E-state index contributed by atoms with van der Waals surface area (Å²) in [6.45, 7) is 8.40. The van der Waals surface area contributed by atoms with Gasteiger partial charge in [-0.25, -0.2) is 14.7 Å². The summed E-state index contributed by atoms with van der Waals surface area (Å²) < 4.78 is 38.9. The molecule has 4 rings (SSSR count). The normalized spacial score (nSPS) is 16.8. The average molecular weight is 560 g/mol. The third-order valence-corrected chi connectivity index (χ3v) is 7.88. The van der Waals surface area contributed by atoms with Crippen LogP contribution in [0.4, 0.5) is 11.6 Å². The minimum absolute atomic E-state index is 0. The highest BCUT2D eigenvalue weighted by molar-refractivity contribution is 7.90. The first-order valence-electron chi connectivity index (χ1n) is 12.7. The molecule has 0 bridgehead atoms. The maximum absolute atomic E-state index is 13.6. The summed E-state index contributed by atoms with van der Waals surface area (Å²) in [5, 5.41) is -0.335. The van der Waals surface area contributed by atoms with E-state index in [1.807, 2.05) is 24.3 Å². The van der Waals surface area contributed by atoms with Gasteiger partial charge in [-0.1, -0.05) is 31.2 Å². The predicted molar refractivity (Wildman–Crippen MR) is 156 cm³/mol. The van der Waals surface area contributed by atoms with Gasteiger partial charge < -0.3 is 20.1 Å². The number of nitrogens with two attached hydrogens (primary N) is 1. The SMILES string of the molecule is COCCOCc1cccc(-c2cnc(N3CC(C)CC3(C)C)c(C(=O)NS(=O)(=O)c3cccc(N)n3)c2)c1.[HH].[HH].[HH]. The van der Waals surface area contributed by atoms with Crippen LogP contribution in [0.25, 0.3) is 11.1 Å². The number of carbonyl (C=O) groups excluding carboxylic acids is 1. The average Bonchev–Trinajstić information content (AvgIpc) is 3.17. The number of amides is 1. The molecule has 3 aromatic rings. The second-order valence-electron chi connectivity index (χ2n) is 10.4. The fourth-order valence-electron chi connectivity index (χ4n) is 4.94. The molecule has 0 spiro atoms. The third-order valence-electron chi connectivity index (χ3n) is 6.65. The number of hydrogen-bond donors (Lipinski definition) is 2. The number of aromatic nitrogens is 2. The standard InChI is InChI=1S/C28H35N5O5S.3H2/c1-19-15-28(2,3)33(17-19)26-23(27(34)32-39(35,36)25-10-6-9-24(29)31-25)14-22(16-30-26)21-8-5-7-20(13-21)18-38-12-11-37-4;;;/h5-10,13-14,16,19H,11-12,15,17-18H2,1-4H3,(H2,29,31)(H,32,34);3*1H. The number of nitrogens with zero attached hydrogens (tertiary/aromatic N) is 3. The van der Waals surface area contributed by atoms with Crippen molar-refractivity contribution in [2.24, 2.45) is 5.92 Å². The predicted octanol–water partition coefficient (Wildman–Crippen LogP) is 4.37. The molecule has 1 amide bonds. The molecule has 0 saturated carbocycles. The molecule has 3 heterocycles. The van der Waals surface area contributed by atoms with Crippen LogP contribution in [0.2, 0.25) is 0 Å². The maximum atomic E-state index is 13.6. The highest BCUT2D eigenvalue weighted by atomic mass is 32.2. The van der Waals surface area contributed by atoms with Crippen molar-refractivity contribution < 1.29 is 27.0 Å². The third kappa shape index (κ3) is 6.73. The summed E-state index contributed by atoms with van der Waals surface area (Å²) >= 11 is 0. The largest absolute Gasteiger partial charge is 0.384 e.